The summed E-state index contributed by atoms with van der Waals surface area (Å²) in [5.74, 6) is 0.659. The van der Waals surface area contributed by atoms with Gasteiger partial charge >= 0.3 is 6.18 Å². The molecule has 0 N–H and O–H groups in total. The van der Waals surface area contributed by atoms with Gasteiger partial charge in [-0.15, -0.1) is 11.3 Å². The third kappa shape index (κ3) is 8.82. The van der Waals surface area contributed by atoms with Crippen molar-refractivity contribution in [3.05, 3.63) is 281 Å². The van der Waals surface area contributed by atoms with Crippen LogP contribution in [0, 0.1) is 25.2 Å². The van der Waals surface area contributed by atoms with Gasteiger partial charge in [0.05, 0.1) is 38.7 Å². The van der Waals surface area contributed by atoms with Crippen LogP contribution in [-0.2, 0) is 11.6 Å². The van der Waals surface area contributed by atoms with Gasteiger partial charge in [-0.2, -0.15) is 18.4 Å². The number of benzene rings is 10. The summed E-state index contributed by atoms with van der Waals surface area (Å²) in [7, 11) is 0. The molecule has 0 aliphatic heterocycles. The minimum atomic E-state index is -4.21. The van der Waals surface area contributed by atoms with E-state index in [0.29, 0.717) is 11.5 Å². The second kappa shape index (κ2) is 19.9. The van der Waals surface area contributed by atoms with Crippen molar-refractivity contribution in [2.75, 3.05) is 4.90 Å². The SMILES string of the molecule is CC(C)c1ccccc1.Cc1ccc(C(F)(F)F)cc1.Cc1ccc2c(c1)C(c1ccccc1)(c1ccccc1)c1cc(N(c3cccc(C#N)c3)c3cccc4c3sc3ccccc34)c3ccccc3c1-2. The number of nitriles is 1. The minimum Gasteiger partial charge on any atom is -0.308 e. The zero-order valence-electron chi connectivity index (χ0n) is 40.5. The lowest BCUT2D eigenvalue weighted by atomic mass is 9.67. The molecular weight excluding hydrogens is 910 g/mol. The van der Waals surface area contributed by atoms with E-state index in [0.717, 1.165) is 40.1 Å². The summed E-state index contributed by atoms with van der Waals surface area (Å²) < 4.78 is 38.2. The molecule has 1 aromatic heterocycles. The number of rotatable bonds is 6. The third-order valence-electron chi connectivity index (χ3n) is 13.6. The first-order valence-electron chi connectivity index (χ1n) is 24.2. The summed E-state index contributed by atoms with van der Waals surface area (Å²) in [5, 5.41) is 15.0. The van der Waals surface area contributed by atoms with Crippen LogP contribution in [-0.4, -0.2) is 0 Å². The number of aryl methyl sites for hydroxylation is 2. The van der Waals surface area contributed by atoms with E-state index in [9.17, 15) is 18.4 Å². The number of anilines is 3. The first kappa shape index (κ1) is 47.4. The molecule has 72 heavy (non-hydrogen) atoms. The topological polar surface area (TPSA) is 27.0 Å². The molecule has 1 heterocycles. The van der Waals surface area contributed by atoms with Crippen LogP contribution in [0.2, 0.25) is 0 Å². The number of halogens is 3. The van der Waals surface area contributed by atoms with Crippen LogP contribution >= 0.6 is 11.3 Å². The van der Waals surface area contributed by atoms with Gasteiger partial charge in [0.1, 0.15) is 0 Å². The summed E-state index contributed by atoms with van der Waals surface area (Å²) in [6.45, 7) is 8.36. The smallest absolute Gasteiger partial charge is 0.308 e. The maximum Gasteiger partial charge on any atom is 0.416 e. The fourth-order valence-electron chi connectivity index (χ4n) is 10.2. The summed E-state index contributed by atoms with van der Waals surface area (Å²) >= 11 is 1.83. The molecule has 0 saturated carbocycles. The molecule has 0 bridgehead atoms. The average molecular weight is 961 g/mol. The van der Waals surface area contributed by atoms with E-state index < -0.39 is 17.2 Å². The Morgan fingerprint density at radius 2 is 1.08 bits per heavy atom. The number of hydrogen-bond donors (Lipinski definition) is 0. The van der Waals surface area contributed by atoms with Crippen molar-refractivity contribution in [1.82, 2.24) is 0 Å². The zero-order chi connectivity index (χ0) is 50.0. The molecule has 0 atom stereocenters. The highest BCUT2D eigenvalue weighted by Crippen LogP contribution is 2.60. The Morgan fingerprint density at radius 3 is 1.71 bits per heavy atom. The van der Waals surface area contributed by atoms with Crippen LogP contribution in [0.15, 0.2) is 231 Å². The predicted molar refractivity (Wildman–Crippen MR) is 295 cm³/mol. The molecule has 1 aliphatic rings. The van der Waals surface area contributed by atoms with E-state index >= 15 is 0 Å². The fraction of sp³-hybridized carbons (Fsp3) is 0.106. The molecule has 0 amide bonds. The molecule has 0 fully saturated rings. The Morgan fingerprint density at radius 1 is 0.514 bits per heavy atom. The van der Waals surface area contributed by atoms with Gasteiger partial charge in [-0.25, -0.2) is 0 Å². The summed E-state index contributed by atoms with van der Waals surface area (Å²) in [4.78, 5) is 2.40. The van der Waals surface area contributed by atoms with E-state index in [1.807, 2.05) is 35.6 Å². The van der Waals surface area contributed by atoms with Crippen molar-refractivity contribution in [3.63, 3.8) is 0 Å². The Hall–Kier alpha value is -8.24. The molecule has 1 aliphatic carbocycles. The van der Waals surface area contributed by atoms with Crippen LogP contribution in [0.25, 0.3) is 42.1 Å². The Labute approximate surface area is 423 Å². The van der Waals surface area contributed by atoms with Crippen molar-refractivity contribution in [3.8, 4) is 17.2 Å². The molecule has 0 unspecified atom stereocenters. The highest BCUT2D eigenvalue weighted by atomic mass is 32.1. The highest BCUT2D eigenvalue weighted by Gasteiger charge is 2.47. The molecule has 12 rings (SSSR count). The van der Waals surface area contributed by atoms with Gasteiger partial charge < -0.3 is 4.90 Å². The van der Waals surface area contributed by atoms with Crippen LogP contribution in [0.1, 0.15) is 69.8 Å². The molecular formula is C66H51F3N2S. The second-order valence-corrected chi connectivity index (χ2v) is 19.6. The maximum atomic E-state index is 11.9. The largest absolute Gasteiger partial charge is 0.416 e. The van der Waals surface area contributed by atoms with Crippen LogP contribution in [0.3, 0.4) is 0 Å². The third-order valence-corrected chi connectivity index (χ3v) is 14.8. The molecule has 2 nitrogen and oxygen atoms in total. The minimum absolute atomic E-state index is 0.568. The highest BCUT2D eigenvalue weighted by molar-refractivity contribution is 7.26. The molecule has 11 aromatic rings. The van der Waals surface area contributed by atoms with Gasteiger partial charge in [0.15, 0.2) is 0 Å². The van der Waals surface area contributed by atoms with Crippen molar-refractivity contribution >= 4 is 59.3 Å². The Kier molecular flexibility index (Phi) is 13.1. The number of alkyl halides is 3. The molecule has 10 aromatic carbocycles. The van der Waals surface area contributed by atoms with Crippen molar-refractivity contribution in [2.24, 2.45) is 0 Å². The molecule has 352 valence electrons. The lowest BCUT2D eigenvalue weighted by Crippen LogP contribution is -2.29. The van der Waals surface area contributed by atoms with Gasteiger partial charge in [0, 0.05) is 26.5 Å². The van der Waals surface area contributed by atoms with Gasteiger partial charge in [-0.3, -0.25) is 0 Å². The quantitative estimate of drug-likeness (QED) is 0.166. The van der Waals surface area contributed by atoms with E-state index in [1.165, 1.54) is 82.2 Å². The van der Waals surface area contributed by atoms with Crippen LogP contribution in [0.4, 0.5) is 30.2 Å². The summed E-state index contributed by atoms with van der Waals surface area (Å²) in [6, 6.07) is 81.6. The standard InChI is InChI=1S/C49H32N2S.C9H12.C8H7F3/c1-32-26-27-41-42(28-32)49(34-15-4-2-5-16-34,35-17-6-3-7-18-35)43-30-45(37-20-8-9-22-39(37)47(41)43)51(36-19-12-14-33(29-36)31-50)44-24-13-23-40-38-21-10-11-25-46(38)52-48(40)44;1-8(2)9-6-4-3-5-7-9;1-6-2-4-7(5-3-6)8(9,10)11/h2-30H,1H3;3-8H,1-2H3;2-5H,1H3. The maximum absolute atomic E-state index is 11.9. The lowest BCUT2D eigenvalue weighted by Gasteiger charge is -2.35. The number of hydrogen-bond acceptors (Lipinski definition) is 3. The zero-order valence-corrected chi connectivity index (χ0v) is 41.3. The van der Waals surface area contributed by atoms with Crippen molar-refractivity contribution < 1.29 is 13.2 Å². The molecule has 6 heteroatoms. The lowest BCUT2D eigenvalue weighted by molar-refractivity contribution is -0.137. The van der Waals surface area contributed by atoms with Gasteiger partial charge in [-0.1, -0.05) is 207 Å². The van der Waals surface area contributed by atoms with Gasteiger partial charge in [0.2, 0.25) is 0 Å². The molecule has 0 radical (unpaired) electrons. The molecule has 0 spiro atoms. The average Bonchev–Trinajstić information content (AvgIpc) is 3.94. The number of nitrogens with zero attached hydrogens (tertiary/aromatic N) is 2. The van der Waals surface area contributed by atoms with E-state index in [4.69, 9.17) is 0 Å². The fourth-order valence-corrected chi connectivity index (χ4v) is 11.4. The van der Waals surface area contributed by atoms with E-state index in [-0.39, 0.29) is 0 Å². The normalized spacial score (nSPS) is 12.3. The number of thiophene rings is 1. The Bertz CT molecular complexity index is 3700. The Balaban J connectivity index is 0.000000248. The first-order chi connectivity index (χ1) is 35.0. The predicted octanol–water partition coefficient (Wildman–Crippen LogP) is 19.0. The van der Waals surface area contributed by atoms with Crippen LogP contribution < -0.4 is 4.90 Å². The summed E-state index contributed by atoms with van der Waals surface area (Å²) in [6.07, 6.45) is -4.21. The van der Waals surface area contributed by atoms with Gasteiger partial charge in [-0.05, 0) is 113 Å². The van der Waals surface area contributed by atoms with Crippen LogP contribution in [0.5, 0.6) is 0 Å². The summed E-state index contributed by atoms with van der Waals surface area (Å²) in [5.41, 5.74) is 13.6. The van der Waals surface area contributed by atoms with E-state index in [1.54, 1.807) is 6.92 Å². The van der Waals surface area contributed by atoms with Crippen molar-refractivity contribution in [1.29, 1.82) is 5.26 Å². The monoisotopic (exact) mass is 960 g/mol. The van der Waals surface area contributed by atoms with E-state index in [2.05, 4.69) is 214 Å². The van der Waals surface area contributed by atoms with Gasteiger partial charge in [0.25, 0.3) is 0 Å². The first-order valence-corrected chi connectivity index (χ1v) is 25.0. The second-order valence-electron chi connectivity index (χ2n) is 18.6. The number of fused-ring (bicyclic) bond motifs is 8. The molecule has 0 saturated heterocycles. The van der Waals surface area contributed by atoms with Crippen molar-refractivity contribution in [2.45, 2.75) is 45.2 Å².